The standard InChI is InChI=1S/C20H24ClN3O4.2ClH/c1-15-2-3-16(21)12-20(15)23-10-8-22(9-11-23)13-18(25)14-28-19-6-4-17(5-7-19)24(26)27;;/h2-7,12,18,25H,8-11,13-14H2,1H3;2*1H. The van der Waals surface area contributed by atoms with Gasteiger partial charge in [0.15, 0.2) is 0 Å². The average Bonchev–Trinajstić information content (AvgIpc) is 2.69. The van der Waals surface area contributed by atoms with Crippen LogP contribution >= 0.6 is 36.4 Å². The number of β-amino-alcohol motifs (C(OH)–C–C–N with tert-alkyl or cyclic N) is 1. The van der Waals surface area contributed by atoms with Crippen molar-refractivity contribution in [3.05, 3.63) is 63.2 Å². The van der Waals surface area contributed by atoms with E-state index in [0.717, 1.165) is 36.9 Å². The van der Waals surface area contributed by atoms with Crippen molar-refractivity contribution in [2.75, 3.05) is 44.2 Å². The van der Waals surface area contributed by atoms with E-state index in [2.05, 4.69) is 16.7 Å². The zero-order chi connectivity index (χ0) is 20.1. The van der Waals surface area contributed by atoms with E-state index in [1.807, 2.05) is 18.2 Å². The van der Waals surface area contributed by atoms with E-state index in [1.54, 1.807) is 0 Å². The van der Waals surface area contributed by atoms with Gasteiger partial charge < -0.3 is 14.7 Å². The van der Waals surface area contributed by atoms with Crippen LogP contribution in [0, 0.1) is 17.0 Å². The Hall–Kier alpha value is -1.77. The zero-order valence-electron chi connectivity index (χ0n) is 16.6. The number of aliphatic hydroxyl groups is 1. The summed E-state index contributed by atoms with van der Waals surface area (Å²) in [7, 11) is 0. The number of aliphatic hydroxyl groups excluding tert-OH is 1. The Labute approximate surface area is 193 Å². The summed E-state index contributed by atoms with van der Waals surface area (Å²) in [5, 5.41) is 21.7. The third-order valence-corrected chi connectivity index (χ3v) is 5.08. The highest BCUT2D eigenvalue weighted by Gasteiger charge is 2.21. The van der Waals surface area contributed by atoms with Crippen LogP contribution in [0.25, 0.3) is 0 Å². The van der Waals surface area contributed by atoms with Crippen molar-refractivity contribution >= 4 is 47.8 Å². The SMILES string of the molecule is Cc1ccc(Cl)cc1N1CCN(CC(O)COc2ccc([N+](=O)[O-])cc2)CC1.Cl.Cl. The summed E-state index contributed by atoms with van der Waals surface area (Å²) >= 11 is 6.13. The number of piperazine rings is 1. The highest BCUT2D eigenvalue weighted by atomic mass is 35.5. The Bertz CT molecular complexity index is 815. The summed E-state index contributed by atoms with van der Waals surface area (Å²) < 4.78 is 5.54. The van der Waals surface area contributed by atoms with Gasteiger partial charge in [0.1, 0.15) is 18.5 Å². The molecule has 1 heterocycles. The van der Waals surface area contributed by atoms with E-state index in [0.29, 0.717) is 12.3 Å². The molecule has 1 aliphatic rings. The molecule has 0 radical (unpaired) electrons. The number of nitro benzene ring substituents is 1. The van der Waals surface area contributed by atoms with Crippen molar-refractivity contribution in [1.29, 1.82) is 0 Å². The van der Waals surface area contributed by atoms with Gasteiger partial charge >= 0.3 is 0 Å². The van der Waals surface area contributed by atoms with Crippen molar-refractivity contribution in [3.8, 4) is 5.75 Å². The maximum atomic E-state index is 10.7. The number of nitrogens with zero attached hydrogens (tertiary/aromatic N) is 3. The van der Waals surface area contributed by atoms with Gasteiger partial charge in [-0.05, 0) is 36.8 Å². The Morgan fingerprint density at radius 3 is 2.37 bits per heavy atom. The normalized spacial score (nSPS) is 15.0. The first-order valence-electron chi connectivity index (χ1n) is 9.21. The molecule has 1 unspecified atom stereocenters. The minimum absolute atomic E-state index is 0. The maximum Gasteiger partial charge on any atom is 0.269 e. The van der Waals surface area contributed by atoms with Crippen LogP contribution in [-0.4, -0.2) is 60.4 Å². The molecule has 166 valence electrons. The van der Waals surface area contributed by atoms with Gasteiger partial charge in [0.2, 0.25) is 0 Å². The number of benzene rings is 2. The summed E-state index contributed by atoms with van der Waals surface area (Å²) in [4.78, 5) is 14.7. The van der Waals surface area contributed by atoms with Crippen molar-refractivity contribution < 1.29 is 14.8 Å². The molecule has 1 aliphatic heterocycles. The molecule has 0 amide bonds. The molecule has 3 rings (SSSR count). The van der Waals surface area contributed by atoms with Crippen molar-refractivity contribution in [2.24, 2.45) is 0 Å². The third kappa shape index (κ3) is 7.18. The highest BCUT2D eigenvalue weighted by Crippen LogP contribution is 2.25. The van der Waals surface area contributed by atoms with Crippen LogP contribution in [0.15, 0.2) is 42.5 Å². The highest BCUT2D eigenvalue weighted by molar-refractivity contribution is 6.30. The smallest absolute Gasteiger partial charge is 0.269 e. The molecule has 2 aromatic rings. The molecule has 1 N–H and O–H groups in total. The number of non-ortho nitro benzene ring substituents is 1. The van der Waals surface area contributed by atoms with E-state index >= 15 is 0 Å². The van der Waals surface area contributed by atoms with Gasteiger partial charge in [0, 0.05) is 55.6 Å². The van der Waals surface area contributed by atoms with Gasteiger partial charge in [-0.3, -0.25) is 15.0 Å². The lowest BCUT2D eigenvalue weighted by Crippen LogP contribution is -2.49. The van der Waals surface area contributed by atoms with E-state index in [-0.39, 0.29) is 37.1 Å². The molecule has 1 saturated heterocycles. The Morgan fingerprint density at radius 2 is 1.77 bits per heavy atom. The number of hydrogen-bond acceptors (Lipinski definition) is 6. The van der Waals surface area contributed by atoms with E-state index in [4.69, 9.17) is 16.3 Å². The molecule has 10 heteroatoms. The molecule has 7 nitrogen and oxygen atoms in total. The molecule has 0 spiro atoms. The van der Waals surface area contributed by atoms with Crippen molar-refractivity contribution in [1.82, 2.24) is 4.90 Å². The monoisotopic (exact) mass is 477 g/mol. The Kier molecular flexibility index (Phi) is 10.7. The summed E-state index contributed by atoms with van der Waals surface area (Å²) in [5.41, 5.74) is 2.38. The Morgan fingerprint density at radius 1 is 1.13 bits per heavy atom. The van der Waals surface area contributed by atoms with Crippen molar-refractivity contribution in [2.45, 2.75) is 13.0 Å². The van der Waals surface area contributed by atoms with Crippen LogP contribution in [0.3, 0.4) is 0 Å². The second-order valence-corrected chi connectivity index (χ2v) is 7.37. The molecule has 1 fully saturated rings. The van der Waals surface area contributed by atoms with Gasteiger partial charge in [-0.15, -0.1) is 24.8 Å². The van der Waals surface area contributed by atoms with E-state index in [9.17, 15) is 15.2 Å². The number of halogens is 3. The number of hydrogen-bond donors (Lipinski definition) is 1. The predicted octanol–water partition coefficient (Wildman–Crippen LogP) is 3.96. The van der Waals surface area contributed by atoms with Crippen LogP contribution in [0.4, 0.5) is 11.4 Å². The summed E-state index contributed by atoms with van der Waals surface area (Å²) in [5.74, 6) is 0.505. The van der Waals surface area contributed by atoms with Gasteiger partial charge in [0.25, 0.3) is 5.69 Å². The van der Waals surface area contributed by atoms with Gasteiger partial charge in [-0.2, -0.15) is 0 Å². The molecule has 0 bridgehead atoms. The molecule has 30 heavy (non-hydrogen) atoms. The summed E-state index contributed by atoms with van der Waals surface area (Å²) in [6, 6.07) is 11.8. The molecule has 0 aromatic heterocycles. The Balaban J connectivity index is 0.00000225. The van der Waals surface area contributed by atoms with Crippen LogP contribution in [0.2, 0.25) is 5.02 Å². The second-order valence-electron chi connectivity index (χ2n) is 6.93. The number of anilines is 1. The number of nitro groups is 1. The van der Waals surface area contributed by atoms with E-state index < -0.39 is 11.0 Å². The maximum absolute atomic E-state index is 10.7. The largest absolute Gasteiger partial charge is 0.491 e. The third-order valence-electron chi connectivity index (χ3n) is 4.84. The minimum Gasteiger partial charge on any atom is -0.491 e. The first-order valence-corrected chi connectivity index (χ1v) is 9.59. The summed E-state index contributed by atoms with van der Waals surface area (Å²) in [6.07, 6.45) is -0.630. The van der Waals surface area contributed by atoms with Crippen LogP contribution < -0.4 is 9.64 Å². The van der Waals surface area contributed by atoms with Gasteiger partial charge in [-0.25, -0.2) is 0 Å². The van der Waals surface area contributed by atoms with Gasteiger partial charge in [-0.1, -0.05) is 17.7 Å². The average molecular weight is 479 g/mol. The number of ether oxygens (including phenoxy) is 1. The number of aryl methyl sites for hydroxylation is 1. The topological polar surface area (TPSA) is 79.1 Å². The fourth-order valence-corrected chi connectivity index (χ4v) is 3.47. The van der Waals surface area contributed by atoms with Crippen LogP contribution in [0.1, 0.15) is 5.56 Å². The fraction of sp³-hybridized carbons (Fsp3) is 0.400. The lowest BCUT2D eigenvalue weighted by Gasteiger charge is -2.37. The molecule has 1 atom stereocenters. The molecule has 0 saturated carbocycles. The first kappa shape index (κ1) is 26.3. The molecule has 0 aliphatic carbocycles. The first-order chi connectivity index (χ1) is 13.4. The quantitative estimate of drug-likeness (QED) is 0.479. The molecular formula is C20H26Cl3N3O4. The summed E-state index contributed by atoms with van der Waals surface area (Å²) in [6.45, 7) is 6.19. The van der Waals surface area contributed by atoms with Crippen molar-refractivity contribution in [3.63, 3.8) is 0 Å². The minimum atomic E-state index is -0.630. The fourth-order valence-electron chi connectivity index (χ4n) is 3.30. The predicted molar refractivity (Wildman–Crippen MR) is 124 cm³/mol. The van der Waals surface area contributed by atoms with Crippen LogP contribution in [0.5, 0.6) is 5.75 Å². The lowest BCUT2D eigenvalue weighted by molar-refractivity contribution is -0.384. The molecular weight excluding hydrogens is 453 g/mol. The number of rotatable bonds is 7. The molecule has 2 aromatic carbocycles. The van der Waals surface area contributed by atoms with Gasteiger partial charge in [0.05, 0.1) is 4.92 Å². The lowest BCUT2D eigenvalue weighted by atomic mass is 10.1. The second kappa shape index (κ2) is 12.2. The zero-order valence-corrected chi connectivity index (χ0v) is 19.0. The van der Waals surface area contributed by atoms with Crippen LogP contribution in [-0.2, 0) is 0 Å². The van der Waals surface area contributed by atoms with E-state index in [1.165, 1.54) is 29.8 Å².